The summed E-state index contributed by atoms with van der Waals surface area (Å²) >= 11 is 6.06. The summed E-state index contributed by atoms with van der Waals surface area (Å²) in [6.45, 7) is 4.55. The first-order valence-electron chi connectivity index (χ1n) is 7.09. The Morgan fingerprint density at radius 2 is 1.90 bits per heavy atom. The van der Waals surface area contributed by atoms with Gasteiger partial charge in [-0.1, -0.05) is 30.7 Å². The van der Waals surface area contributed by atoms with Crippen LogP contribution in [-0.4, -0.2) is 28.8 Å². The van der Waals surface area contributed by atoms with E-state index in [1.165, 1.54) is 5.56 Å². The van der Waals surface area contributed by atoms with Gasteiger partial charge in [-0.25, -0.2) is 0 Å². The number of Topliss-reactive ketones (excluding diaryl/α,β-unsaturated/α-hetero) is 1. The van der Waals surface area contributed by atoms with E-state index in [-0.39, 0.29) is 5.78 Å². The smallest absolute Gasteiger partial charge is 0.165 e. The van der Waals surface area contributed by atoms with E-state index >= 15 is 0 Å². The molecule has 0 aliphatic carbocycles. The fourth-order valence-electron chi connectivity index (χ4n) is 2.18. The van der Waals surface area contributed by atoms with Gasteiger partial charge in [-0.3, -0.25) is 14.7 Å². The zero-order valence-corrected chi connectivity index (χ0v) is 12.9. The summed E-state index contributed by atoms with van der Waals surface area (Å²) in [5.74, 6) is 0.0915. The summed E-state index contributed by atoms with van der Waals surface area (Å²) in [4.78, 5) is 18.5. The molecule has 0 saturated carbocycles. The van der Waals surface area contributed by atoms with Gasteiger partial charge in [0.05, 0.1) is 5.02 Å². The predicted octanol–water partition coefficient (Wildman–Crippen LogP) is 3.83. The lowest BCUT2D eigenvalue weighted by molar-refractivity contribution is 0.0963. The van der Waals surface area contributed by atoms with E-state index in [0.717, 1.165) is 19.6 Å². The van der Waals surface area contributed by atoms with Crippen LogP contribution in [-0.2, 0) is 6.54 Å². The quantitative estimate of drug-likeness (QED) is 0.729. The minimum absolute atomic E-state index is 0.0915. The molecule has 0 saturated heterocycles. The number of pyridine rings is 1. The standard InChI is InChI=1S/C17H19ClN2O/c1-2-20(13-14-7-10-19-11-8-14)12-9-17(21)15-5-3-4-6-16(15)18/h3-8,10-11H,2,9,12-13H2,1H3. The number of rotatable bonds is 7. The number of ketones is 1. The summed E-state index contributed by atoms with van der Waals surface area (Å²) in [7, 11) is 0. The second-order valence-electron chi connectivity index (χ2n) is 4.88. The number of halogens is 1. The second-order valence-corrected chi connectivity index (χ2v) is 5.28. The molecule has 110 valence electrons. The summed E-state index contributed by atoms with van der Waals surface area (Å²) in [5.41, 5.74) is 1.82. The first kappa shape index (κ1) is 15.7. The van der Waals surface area contributed by atoms with Crippen LogP contribution in [0.4, 0.5) is 0 Å². The molecule has 1 aromatic heterocycles. The van der Waals surface area contributed by atoms with Crippen molar-refractivity contribution in [1.29, 1.82) is 0 Å². The van der Waals surface area contributed by atoms with Crippen LogP contribution < -0.4 is 0 Å². The molecule has 0 radical (unpaired) electrons. The van der Waals surface area contributed by atoms with E-state index in [2.05, 4.69) is 16.8 Å². The van der Waals surface area contributed by atoms with Crippen LogP contribution >= 0.6 is 11.6 Å². The van der Waals surface area contributed by atoms with Gasteiger partial charge >= 0.3 is 0 Å². The first-order chi connectivity index (χ1) is 10.2. The van der Waals surface area contributed by atoms with E-state index in [1.807, 2.05) is 24.3 Å². The van der Waals surface area contributed by atoms with Crippen molar-refractivity contribution >= 4 is 17.4 Å². The molecule has 3 nitrogen and oxygen atoms in total. The number of carbonyl (C=O) groups is 1. The lowest BCUT2D eigenvalue weighted by atomic mass is 10.1. The Bertz CT molecular complexity index is 586. The van der Waals surface area contributed by atoms with Crippen molar-refractivity contribution in [3.8, 4) is 0 Å². The largest absolute Gasteiger partial charge is 0.299 e. The average molecular weight is 303 g/mol. The number of hydrogen-bond donors (Lipinski definition) is 0. The fraction of sp³-hybridized carbons (Fsp3) is 0.294. The summed E-state index contributed by atoms with van der Waals surface area (Å²) < 4.78 is 0. The van der Waals surface area contributed by atoms with Crippen LogP contribution in [0.2, 0.25) is 5.02 Å². The molecule has 2 aromatic rings. The minimum Gasteiger partial charge on any atom is -0.299 e. The molecule has 1 aromatic carbocycles. The highest BCUT2D eigenvalue weighted by Gasteiger charge is 2.12. The molecule has 0 amide bonds. The zero-order chi connectivity index (χ0) is 15.1. The Hall–Kier alpha value is -1.71. The lowest BCUT2D eigenvalue weighted by Crippen LogP contribution is -2.25. The number of benzene rings is 1. The van der Waals surface area contributed by atoms with Crippen molar-refractivity contribution in [2.75, 3.05) is 13.1 Å². The van der Waals surface area contributed by atoms with Crippen LogP contribution in [0.3, 0.4) is 0 Å². The van der Waals surface area contributed by atoms with Crippen LogP contribution in [0, 0.1) is 0 Å². The Labute approximate surface area is 130 Å². The van der Waals surface area contributed by atoms with Crippen molar-refractivity contribution < 1.29 is 4.79 Å². The van der Waals surface area contributed by atoms with E-state index < -0.39 is 0 Å². The van der Waals surface area contributed by atoms with Gasteiger partial charge in [0.1, 0.15) is 0 Å². The van der Waals surface area contributed by atoms with E-state index in [9.17, 15) is 4.79 Å². The Kier molecular flexibility index (Phi) is 5.90. The van der Waals surface area contributed by atoms with Gasteiger partial charge in [-0.2, -0.15) is 0 Å². The Morgan fingerprint density at radius 3 is 2.57 bits per heavy atom. The zero-order valence-electron chi connectivity index (χ0n) is 12.1. The maximum Gasteiger partial charge on any atom is 0.165 e. The summed E-state index contributed by atoms with van der Waals surface area (Å²) in [6.07, 6.45) is 4.05. The normalized spacial score (nSPS) is 10.8. The number of hydrogen-bond acceptors (Lipinski definition) is 3. The second kappa shape index (κ2) is 7.91. The summed E-state index contributed by atoms with van der Waals surface area (Å²) in [5, 5.41) is 0.527. The Morgan fingerprint density at radius 1 is 1.19 bits per heavy atom. The molecule has 0 atom stereocenters. The van der Waals surface area contributed by atoms with Crippen molar-refractivity contribution in [1.82, 2.24) is 9.88 Å². The lowest BCUT2D eigenvalue weighted by Gasteiger charge is -2.20. The SMILES string of the molecule is CCN(CCC(=O)c1ccccc1Cl)Cc1ccncc1. The van der Waals surface area contributed by atoms with Gasteiger partial charge in [-0.05, 0) is 36.4 Å². The fourth-order valence-corrected chi connectivity index (χ4v) is 2.42. The van der Waals surface area contributed by atoms with Crippen molar-refractivity contribution in [3.63, 3.8) is 0 Å². The van der Waals surface area contributed by atoms with Gasteiger partial charge in [0.15, 0.2) is 5.78 Å². The topological polar surface area (TPSA) is 33.2 Å². The molecule has 0 fully saturated rings. The molecule has 0 unspecified atom stereocenters. The molecule has 0 aliphatic rings. The van der Waals surface area contributed by atoms with Gasteiger partial charge in [0.2, 0.25) is 0 Å². The van der Waals surface area contributed by atoms with Gasteiger partial charge in [0.25, 0.3) is 0 Å². The van der Waals surface area contributed by atoms with Crippen LogP contribution in [0.15, 0.2) is 48.8 Å². The molecular weight excluding hydrogens is 284 g/mol. The molecule has 0 aliphatic heterocycles. The van der Waals surface area contributed by atoms with Crippen LogP contribution in [0.25, 0.3) is 0 Å². The minimum atomic E-state index is 0.0915. The molecule has 21 heavy (non-hydrogen) atoms. The maximum atomic E-state index is 12.2. The molecule has 0 spiro atoms. The maximum absolute atomic E-state index is 12.2. The Balaban J connectivity index is 1.91. The third kappa shape index (κ3) is 4.66. The van der Waals surface area contributed by atoms with Gasteiger partial charge in [-0.15, -0.1) is 0 Å². The highest BCUT2D eigenvalue weighted by Crippen LogP contribution is 2.17. The van der Waals surface area contributed by atoms with E-state index in [4.69, 9.17) is 11.6 Å². The number of carbonyl (C=O) groups excluding carboxylic acids is 1. The summed E-state index contributed by atoms with van der Waals surface area (Å²) in [6, 6.07) is 11.2. The monoisotopic (exact) mass is 302 g/mol. The number of aromatic nitrogens is 1. The third-order valence-corrected chi connectivity index (χ3v) is 3.76. The van der Waals surface area contributed by atoms with Crippen LogP contribution in [0.5, 0.6) is 0 Å². The molecular formula is C17H19ClN2O. The molecule has 0 N–H and O–H groups in total. The molecule has 4 heteroatoms. The first-order valence-corrected chi connectivity index (χ1v) is 7.47. The van der Waals surface area contributed by atoms with Crippen LogP contribution in [0.1, 0.15) is 29.3 Å². The van der Waals surface area contributed by atoms with Gasteiger partial charge < -0.3 is 0 Å². The van der Waals surface area contributed by atoms with E-state index in [1.54, 1.807) is 24.5 Å². The molecule has 1 heterocycles. The van der Waals surface area contributed by atoms with Crippen molar-refractivity contribution in [3.05, 3.63) is 64.9 Å². The highest BCUT2D eigenvalue weighted by molar-refractivity contribution is 6.33. The number of nitrogens with zero attached hydrogens (tertiary/aromatic N) is 2. The average Bonchev–Trinajstić information content (AvgIpc) is 2.52. The molecule has 2 rings (SSSR count). The predicted molar refractivity (Wildman–Crippen MR) is 85.6 cm³/mol. The van der Waals surface area contributed by atoms with Crippen molar-refractivity contribution in [2.24, 2.45) is 0 Å². The van der Waals surface area contributed by atoms with Crippen molar-refractivity contribution in [2.45, 2.75) is 19.9 Å². The molecule has 0 bridgehead atoms. The highest BCUT2D eigenvalue weighted by atomic mass is 35.5. The van der Waals surface area contributed by atoms with Gasteiger partial charge in [0, 0.05) is 37.5 Å². The third-order valence-electron chi connectivity index (χ3n) is 3.43. The van der Waals surface area contributed by atoms with E-state index in [0.29, 0.717) is 17.0 Å².